The highest BCUT2D eigenvalue weighted by Gasteiger charge is 2.44. The number of nitrogens with two attached hydrogens (primary N) is 1. The molecule has 1 unspecified atom stereocenters. The smallest absolute Gasteiger partial charge is 0.244 e. The Bertz CT molecular complexity index is 561. The van der Waals surface area contributed by atoms with Gasteiger partial charge in [-0.15, -0.1) is 0 Å². The van der Waals surface area contributed by atoms with Gasteiger partial charge in [0.2, 0.25) is 11.8 Å². The number of rotatable bonds is 4. The first kappa shape index (κ1) is 14.1. The molecule has 2 amide bonds. The standard InChI is InChI=1S/C16H21N3O2/c1-16(17,11-4-5-11)15(21)18-12-6-8-13(9-7-12)19-10-2-3-14(19)20/h6-9,11H,2-5,10,17H2,1H3,(H,18,21). The fraction of sp³-hybridized carbons (Fsp3) is 0.500. The second-order valence-corrected chi connectivity index (χ2v) is 6.21. The van der Waals surface area contributed by atoms with E-state index in [9.17, 15) is 9.59 Å². The van der Waals surface area contributed by atoms with Crippen molar-refractivity contribution >= 4 is 23.2 Å². The number of nitrogens with zero attached hydrogens (tertiary/aromatic N) is 1. The molecule has 0 radical (unpaired) electrons. The van der Waals surface area contributed by atoms with E-state index < -0.39 is 5.54 Å². The van der Waals surface area contributed by atoms with E-state index in [4.69, 9.17) is 5.73 Å². The first-order valence-electron chi connectivity index (χ1n) is 7.49. The second-order valence-electron chi connectivity index (χ2n) is 6.21. The number of hydrogen-bond donors (Lipinski definition) is 2. The maximum absolute atomic E-state index is 12.2. The Balaban J connectivity index is 1.67. The summed E-state index contributed by atoms with van der Waals surface area (Å²) in [6.07, 6.45) is 3.57. The third-order valence-electron chi connectivity index (χ3n) is 4.42. The van der Waals surface area contributed by atoms with Crippen LogP contribution in [0.1, 0.15) is 32.6 Å². The summed E-state index contributed by atoms with van der Waals surface area (Å²) in [6.45, 7) is 2.56. The number of benzene rings is 1. The van der Waals surface area contributed by atoms with Crippen LogP contribution >= 0.6 is 0 Å². The predicted octanol–water partition coefficient (Wildman–Crippen LogP) is 1.88. The van der Waals surface area contributed by atoms with Crippen LogP contribution in [0.3, 0.4) is 0 Å². The summed E-state index contributed by atoms with van der Waals surface area (Å²) in [5.41, 5.74) is 6.89. The van der Waals surface area contributed by atoms with Crippen molar-refractivity contribution in [1.29, 1.82) is 0 Å². The number of nitrogens with one attached hydrogen (secondary N) is 1. The molecule has 0 bridgehead atoms. The normalized spacial score (nSPS) is 21.2. The lowest BCUT2D eigenvalue weighted by atomic mass is 9.96. The summed E-state index contributed by atoms with van der Waals surface area (Å²) >= 11 is 0. The van der Waals surface area contributed by atoms with Gasteiger partial charge in [0.1, 0.15) is 0 Å². The first-order valence-corrected chi connectivity index (χ1v) is 7.49. The van der Waals surface area contributed by atoms with E-state index in [0.29, 0.717) is 18.0 Å². The molecule has 1 aromatic rings. The van der Waals surface area contributed by atoms with Crippen LogP contribution in [-0.2, 0) is 9.59 Å². The molecule has 21 heavy (non-hydrogen) atoms. The molecule has 1 aliphatic heterocycles. The molecule has 1 atom stereocenters. The third kappa shape index (κ3) is 2.78. The summed E-state index contributed by atoms with van der Waals surface area (Å²) < 4.78 is 0. The maximum Gasteiger partial charge on any atom is 0.244 e. The number of carbonyl (C=O) groups excluding carboxylic acids is 2. The molecule has 2 aliphatic rings. The molecule has 1 aliphatic carbocycles. The quantitative estimate of drug-likeness (QED) is 0.887. The predicted molar refractivity (Wildman–Crippen MR) is 82.0 cm³/mol. The van der Waals surface area contributed by atoms with Crippen LogP contribution in [0.15, 0.2) is 24.3 Å². The van der Waals surface area contributed by atoms with E-state index in [2.05, 4.69) is 5.32 Å². The van der Waals surface area contributed by atoms with Gasteiger partial charge in [0, 0.05) is 24.3 Å². The van der Waals surface area contributed by atoms with Crippen molar-refractivity contribution in [2.45, 2.75) is 38.1 Å². The molecule has 0 aromatic heterocycles. The molecular formula is C16H21N3O2. The highest BCUT2D eigenvalue weighted by atomic mass is 16.2. The summed E-state index contributed by atoms with van der Waals surface area (Å²) in [5, 5.41) is 2.87. The Morgan fingerprint density at radius 2 is 2.00 bits per heavy atom. The average Bonchev–Trinajstić information content (AvgIpc) is 3.23. The van der Waals surface area contributed by atoms with Crippen molar-refractivity contribution < 1.29 is 9.59 Å². The minimum atomic E-state index is -0.802. The number of hydrogen-bond acceptors (Lipinski definition) is 3. The maximum atomic E-state index is 12.2. The second kappa shape index (κ2) is 5.15. The van der Waals surface area contributed by atoms with Crippen LogP contribution in [0.4, 0.5) is 11.4 Å². The molecule has 1 saturated heterocycles. The fourth-order valence-corrected chi connectivity index (χ4v) is 2.78. The van der Waals surface area contributed by atoms with Gasteiger partial charge < -0.3 is 16.0 Å². The topological polar surface area (TPSA) is 75.4 Å². The van der Waals surface area contributed by atoms with Crippen molar-refractivity contribution in [3.05, 3.63) is 24.3 Å². The molecular weight excluding hydrogens is 266 g/mol. The number of amides is 2. The summed E-state index contributed by atoms with van der Waals surface area (Å²) in [7, 11) is 0. The Hall–Kier alpha value is -1.88. The Morgan fingerprint density at radius 3 is 2.52 bits per heavy atom. The minimum absolute atomic E-state index is 0.144. The molecule has 0 spiro atoms. The molecule has 5 nitrogen and oxygen atoms in total. The molecule has 1 heterocycles. The van der Waals surface area contributed by atoms with Crippen LogP contribution in [0.2, 0.25) is 0 Å². The van der Waals surface area contributed by atoms with Crippen molar-refractivity contribution in [3.8, 4) is 0 Å². The van der Waals surface area contributed by atoms with Crippen LogP contribution < -0.4 is 16.0 Å². The zero-order valence-electron chi connectivity index (χ0n) is 12.3. The third-order valence-corrected chi connectivity index (χ3v) is 4.42. The van der Waals surface area contributed by atoms with Gasteiger partial charge in [-0.05, 0) is 56.4 Å². The van der Waals surface area contributed by atoms with Crippen molar-refractivity contribution in [1.82, 2.24) is 0 Å². The number of carbonyl (C=O) groups is 2. The molecule has 1 saturated carbocycles. The van der Waals surface area contributed by atoms with Gasteiger partial charge >= 0.3 is 0 Å². The van der Waals surface area contributed by atoms with Gasteiger partial charge in [-0.3, -0.25) is 9.59 Å². The summed E-state index contributed by atoms with van der Waals surface area (Å²) in [6, 6.07) is 7.37. The lowest BCUT2D eigenvalue weighted by Gasteiger charge is -2.23. The molecule has 3 N–H and O–H groups in total. The molecule has 3 rings (SSSR count). The van der Waals surface area contributed by atoms with E-state index in [1.165, 1.54) is 0 Å². The van der Waals surface area contributed by atoms with Gasteiger partial charge in [0.15, 0.2) is 0 Å². The fourth-order valence-electron chi connectivity index (χ4n) is 2.78. The van der Waals surface area contributed by atoms with Crippen molar-refractivity contribution in [3.63, 3.8) is 0 Å². The van der Waals surface area contributed by atoms with Crippen LogP contribution in [-0.4, -0.2) is 23.9 Å². The lowest BCUT2D eigenvalue weighted by Crippen LogP contribution is -2.50. The molecule has 5 heteroatoms. The summed E-state index contributed by atoms with van der Waals surface area (Å²) in [5.74, 6) is 0.309. The zero-order chi connectivity index (χ0) is 15.0. The van der Waals surface area contributed by atoms with Gasteiger partial charge in [0.05, 0.1) is 5.54 Å². The van der Waals surface area contributed by atoms with E-state index in [0.717, 1.165) is 31.5 Å². The molecule has 112 valence electrons. The largest absolute Gasteiger partial charge is 0.324 e. The highest BCUT2D eigenvalue weighted by Crippen LogP contribution is 2.38. The van der Waals surface area contributed by atoms with E-state index >= 15 is 0 Å². The van der Waals surface area contributed by atoms with E-state index in [-0.39, 0.29) is 11.8 Å². The SMILES string of the molecule is CC(N)(C(=O)Nc1ccc(N2CCCC2=O)cc1)C1CC1. The van der Waals surface area contributed by atoms with Crippen LogP contribution in [0.25, 0.3) is 0 Å². The first-order chi connectivity index (χ1) is 9.98. The van der Waals surface area contributed by atoms with E-state index in [1.807, 2.05) is 24.3 Å². The van der Waals surface area contributed by atoms with E-state index in [1.54, 1.807) is 11.8 Å². The van der Waals surface area contributed by atoms with Crippen molar-refractivity contribution in [2.24, 2.45) is 11.7 Å². The lowest BCUT2D eigenvalue weighted by molar-refractivity contribution is -0.121. The zero-order valence-corrected chi connectivity index (χ0v) is 12.3. The van der Waals surface area contributed by atoms with Crippen LogP contribution in [0, 0.1) is 5.92 Å². The Kier molecular flexibility index (Phi) is 3.45. The molecule has 1 aromatic carbocycles. The Morgan fingerprint density at radius 1 is 1.33 bits per heavy atom. The van der Waals surface area contributed by atoms with Crippen LogP contribution in [0.5, 0.6) is 0 Å². The van der Waals surface area contributed by atoms with Gasteiger partial charge in [0.25, 0.3) is 0 Å². The monoisotopic (exact) mass is 287 g/mol. The number of anilines is 2. The highest BCUT2D eigenvalue weighted by molar-refractivity contribution is 5.99. The van der Waals surface area contributed by atoms with Gasteiger partial charge in [-0.1, -0.05) is 0 Å². The summed E-state index contributed by atoms with van der Waals surface area (Å²) in [4.78, 5) is 25.7. The van der Waals surface area contributed by atoms with Crippen molar-refractivity contribution in [2.75, 3.05) is 16.8 Å². The Labute approximate surface area is 124 Å². The minimum Gasteiger partial charge on any atom is -0.324 e. The molecule has 2 fully saturated rings. The van der Waals surface area contributed by atoms with Gasteiger partial charge in [-0.2, -0.15) is 0 Å². The van der Waals surface area contributed by atoms with Gasteiger partial charge in [-0.25, -0.2) is 0 Å². The average molecular weight is 287 g/mol.